The average molecular weight is 568 g/mol. The van der Waals surface area contributed by atoms with Crippen LogP contribution in [0.1, 0.15) is 56.7 Å². The summed E-state index contributed by atoms with van der Waals surface area (Å²) in [5, 5.41) is 4.28. The maximum absolute atomic E-state index is 14.0. The van der Waals surface area contributed by atoms with Gasteiger partial charge in [0, 0.05) is 35.8 Å². The number of carbonyl (C=O) groups is 2. The molecule has 1 fully saturated rings. The van der Waals surface area contributed by atoms with E-state index in [1.54, 1.807) is 0 Å². The van der Waals surface area contributed by atoms with Gasteiger partial charge >= 0.3 is 0 Å². The zero-order valence-corrected chi connectivity index (χ0v) is 24.7. The highest BCUT2D eigenvalue weighted by Crippen LogP contribution is 2.48. The van der Waals surface area contributed by atoms with E-state index in [1.807, 2.05) is 47.4 Å². The zero-order valence-electron chi connectivity index (χ0n) is 23.9. The van der Waals surface area contributed by atoms with Crippen molar-refractivity contribution in [3.63, 3.8) is 0 Å². The van der Waals surface area contributed by atoms with Gasteiger partial charge in [0.2, 0.25) is 5.91 Å². The molecule has 1 aliphatic carbocycles. The molecule has 3 aromatic rings. The van der Waals surface area contributed by atoms with Crippen molar-refractivity contribution in [2.75, 3.05) is 29.9 Å². The highest BCUT2D eigenvalue weighted by atomic mass is 35.5. The molecule has 1 saturated heterocycles. The van der Waals surface area contributed by atoms with Crippen molar-refractivity contribution in [2.24, 2.45) is 11.3 Å². The number of hydrogen-bond donors (Lipinski definition) is 1. The van der Waals surface area contributed by atoms with E-state index in [0.29, 0.717) is 17.4 Å². The molecular formula is C35H38ClN3O2. The predicted octanol–water partition coefficient (Wildman–Crippen LogP) is 7.44. The molecule has 1 amide bonds. The number of halogens is 1. The van der Waals surface area contributed by atoms with Crippen LogP contribution in [0.5, 0.6) is 0 Å². The number of amides is 1. The summed E-state index contributed by atoms with van der Waals surface area (Å²) in [6.07, 6.45) is 4.31. The third-order valence-corrected chi connectivity index (χ3v) is 9.08. The number of carbonyl (C=O) groups excluding carboxylic acids is 2. The van der Waals surface area contributed by atoms with Crippen LogP contribution in [0.25, 0.3) is 0 Å². The van der Waals surface area contributed by atoms with Gasteiger partial charge in [-0.25, -0.2) is 0 Å². The van der Waals surface area contributed by atoms with Gasteiger partial charge in [-0.15, -0.1) is 0 Å². The molecule has 0 aromatic heterocycles. The third-order valence-electron chi connectivity index (χ3n) is 8.83. The molecule has 41 heavy (non-hydrogen) atoms. The van der Waals surface area contributed by atoms with Crippen molar-refractivity contribution in [2.45, 2.75) is 52.0 Å². The molecule has 1 N–H and O–H groups in total. The minimum absolute atomic E-state index is 0.101. The molecule has 3 aromatic carbocycles. The molecule has 1 unspecified atom stereocenters. The number of rotatable bonds is 5. The average Bonchev–Trinajstić information content (AvgIpc) is 3.08. The van der Waals surface area contributed by atoms with Crippen LogP contribution in [0.3, 0.4) is 0 Å². The maximum atomic E-state index is 14.0. The van der Waals surface area contributed by atoms with Gasteiger partial charge in [-0.2, -0.15) is 0 Å². The molecule has 6 rings (SSSR count). The van der Waals surface area contributed by atoms with Gasteiger partial charge in [0.15, 0.2) is 5.78 Å². The Hall–Kier alpha value is -3.57. The van der Waals surface area contributed by atoms with Crippen molar-refractivity contribution in [1.29, 1.82) is 0 Å². The third kappa shape index (κ3) is 5.92. The summed E-state index contributed by atoms with van der Waals surface area (Å²) in [5.74, 6) is 0.822. The largest absolute Gasteiger partial charge is 0.357 e. The molecule has 2 heterocycles. The molecule has 0 bridgehead atoms. The van der Waals surface area contributed by atoms with E-state index in [9.17, 15) is 9.59 Å². The molecule has 0 spiro atoms. The van der Waals surface area contributed by atoms with Crippen LogP contribution in [0.2, 0.25) is 5.02 Å². The number of fused-ring (bicyclic) bond motifs is 1. The van der Waals surface area contributed by atoms with E-state index in [1.165, 1.54) is 5.56 Å². The Morgan fingerprint density at radius 2 is 1.61 bits per heavy atom. The first kappa shape index (κ1) is 27.6. The van der Waals surface area contributed by atoms with Crippen molar-refractivity contribution < 1.29 is 9.59 Å². The van der Waals surface area contributed by atoms with E-state index >= 15 is 0 Å². The Morgan fingerprint density at radius 1 is 0.927 bits per heavy atom. The summed E-state index contributed by atoms with van der Waals surface area (Å²) in [5.41, 5.74) is 5.75. The molecule has 1 atom stereocenters. The predicted molar refractivity (Wildman–Crippen MR) is 166 cm³/mol. The summed E-state index contributed by atoms with van der Waals surface area (Å²) in [4.78, 5) is 32.0. The fourth-order valence-corrected chi connectivity index (χ4v) is 6.92. The van der Waals surface area contributed by atoms with Crippen LogP contribution in [-0.4, -0.2) is 36.2 Å². The minimum Gasteiger partial charge on any atom is -0.357 e. The van der Waals surface area contributed by atoms with Crippen LogP contribution in [0.15, 0.2) is 90.1 Å². The number of hydrogen-bond acceptors (Lipinski definition) is 4. The van der Waals surface area contributed by atoms with Gasteiger partial charge in [-0.1, -0.05) is 80.0 Å². The van der Waals surface area contributed by atoms with Crippen LogP contribution >= 0.6 is 11.6 Å². The Balaban J connectivity index is 1.31. The number of nitrogens with one attached hydrogen (secondary N) is 1. The van der Waals surface area contributed by atoms with Crippen LogP contribution in [0, 0.1) is 11.3 Å². The smallest absolute Gasteiger partial charge is 0.242 e. The number of Topliss-reactive ketones (excluding diaryl/α,β-unsaturated/α-hetero) is 1. The second-order valence-corrected chi connectivity index (χ2v) is 13.0. The quantitative estimate of drug-likeness (QED) is 0.348. The first-order valence-electron chi connectivity index (χ1n) is 14.7. The topological polar surface area (TPSA) is 52.7 Å². The van der Waals surface area contributed by atoms with E-state index in [2.05, 4.69) is 60.5 Å². The lowest BCUT2D eigenvalue weighted by Crippen LogP contribution is -2.46. The highest BCUT2D eigenvalue weighted by Gasteiger charge is 2.42. The standard InChI is InChI=1S/C35H38ClN3O2/c1-35(2)21-29-33(31(40)22-35)34(26-12-14-27(36)15-13-26)39(30-11-7-6-10-28(30)37-29)23-32(41)38-18-16-25(17-19-38)20-24-8-4-3-5-9-24/h3-15,25,34,37H,16-23H2,1-2H3. The van der Waals surface area contributed by atoms with Crippen molar-refractivity contribution in [3.8, 4) is 0 Å². The van der Waals surface area contributed by atoms with Gasteiger partial charge < -0.3 is 15.1 Å². The molecular weight excluding hydrogens is 530 g/mol. The normalized spacial score (nSPS) is 20.7. The number of nitrogens with zero attached hydrogens (tertiary/aromatic N) is 2. The lowest BCUT2D eigenvalue weighted by Gasteiger charge is -2.39. The highest BCUT2D eigenvalue weighted by molar-refractivity contribution is 6.30. The van der Waals surface area contributed by atoms with Gasteiger partial charge in [0.05, 0.1) is 24.0 Å². The van der Waals surface area contributed by atoms with Gasteiger partial charge in [-0.05, 0) is 72.4 Å². The first-order valence-corrected chi connectivity index (χ1v) is 15.1. The lowest BCUT2D eigenvalue weighted by molar-refractivity contribution is -0.131. The Kier molecular flexibility index (Phi) is 7.65. The van der Waals surface area contributed by atoms with E-state index in [0.717, 1.165) is 67.0 Å². The Morgan fingerprint density at radius 3 is 2.34 bits per heavy atom. The van der Waals surface area contributed by atoms with Crippen LogP contribution < -0.4 is 10.2 Å². The number of ketones is 1. The van der Waals surface area contributed by atoms with Crippen molar-refractivity contribution in [3.05, 3.63) is 106 Å². The lowest BCUT2D eigenvalue weighted by atomic mass is 9.73. The Bertz CT molecular complexity index is 1460. The number of allylic oxidation sites excluding steroid dienone is 1. The summed E-state index contributed by atoms with van der Waals surface area (Å²) < 4.78 is 0. The summed E-state index contributed by atoms with van der Waals surface area (Å²) in [6.45, 7) is 6.01. The summed E-state index contributed by atoms with van der Waals surface area (Å²) in [7, 11) is 0. The molecule has 6 heteroatoms. The zero-order chi connectivity index (χ0) is 28.6. The number of piperidine rings is 1. The molecule has 212 valence electrons. The van der Waals surface area contributed by atoms with E-state index < -0.39 is 0 Å². The van der Waals surface area contributed by atoms with Crippen molar-refractivity contribution >= 4 is 34.7 Å². The fraction of sp³-hybridized carbons (Fsp3) is 0.371. The van der Waals surface area contributed by atoms with Gasteiger partial charge in [0.25, 0.3) is 0 Å². The molecule has 2 aliphatic heterocycles. The molecule has 0 radical (unpaired) electrons. The number of para-hydroxylation sites is 2. The summed E-state index contributed by atoms with van der Waals surface area (Å²) in [6, 6.07) is 26.1. The second-order valence-electron chi connectivity index (χ2n) is 12.6. The fourth-order valence-electron chi connectivity index (χ4n) is 6.80. The van der Waals surface area contributed by atoms with Crippen LogP contribution in [-0.2, 0) is 16.0 Å². The maximum Gasteiger partial charge on any atom is 0.242 e. The van der Waals surface area contributed by atoms with Crippen molar-refractivity contribution in [1.82, 2.24) is 4.90 Å². The van der Waals surface area contributed by atoms with Gasteiger partial charge in [-0.3, -0.25) is 9.59 Å². The SMILES string of the molecule is CC1(C)CC(=O)C2=C(C1)Nc1ccccc1N(CC(=O)N1CCC(Cc3ccccc3)CC1)C2c1ccc(Cl)cc1. The second kappa shape index (κ2) is 11.4. The van der Waals surface area contributed by atoms with Crippen LogP contribution in [0.4, 0.5) is 11.4 Å². The van der Waals surface area contributed by atoms with E-state index in [-0.39, 0.29) is 29.7 Å². The minimum atomic E-state index is -0.387. The monoisotopic (exact) mass is 567 g/mol. The molecule has 0 saturated carbocycles. The van der Waals surface area contributed by atoms with Gasteiger partial charge in [0.1, 0.15) is 0 Å². The number of anilines is 2. The molecule has 3 aliphatic rings. The summed E-state index contributed by atoms with van der Waals surface area (Å²) >= 11 is 6.29. The molecule has 5 nitrogen and oxygen atoms in total. The Labute approximate surface area is 248 Å². The van der Waals surface area contributed by atoms with E-state index in [4.69, 9.17) is 11.6 Å². The number of likely N-dealkylation sites (tertiary alicyclic amines) is 1. The number of benzene rings is 3. The first-order chi connectivity index (χ1) is 19.8.